The van der Waals surface area contributed by atoms with Crippen molar-refractivity contribution in [2.45, 2.75) is 39.0 Å². The van der Waals surface area contributed by atoms with Gasteiger partial charge in [-0.25, -0.2) is 18.7 Å². The number of nitrogens with one attached hydrogen (secondary N) is 2. The van der Waals surface area contributed by atoms with Crippen molar-refractivity contribution >= 4 is 28.4 Å². The van der Waals surface area contributed by atoms with E-state index in [9.17, 15) is 22.7 Å². The second kappa shape index (κ2) is 10.8. The fraction of sp³-hybridized carbons (Fsp3) is 0.500. The van der Waals surface area contributed by atoms with Crippen molar-refractivity contribution in [3.8, 4) is 17.1 Å². The number of ether oxygens (including phenoxy) is 1. The standard InChI is InChI=1S/C26H30F5N7O2/c1-12-3-5-33-6-7-34-23-17-22(36-25(37-23)38-8-4-14(10-38)11-39)20(28)21(35-24(17)40-12)15-9-16(32)19(27)13(2)18(15)26(29,30)31/h9,12,14,33,39H,3-8,10-11,32H2,1-2H3,(H,34,36,37). The van der Waals surface area contributed by atoms with Crippen LogP contribution >= 0.6 is 0 Å². The van der Waals surface area contributed by atoms with E-state index in [-0.39, 0.29) is 41.1 Å². The third kappa shape index (κ3) is 5.17. The Bertz CT molecular complexity index is 1440. The molecule has 0 spiro atoms. The van der Waals surface area contributed by atoms with E-state index in [2.05, 4.69) is 25.6 Å². The van der Waals surface area contributed by atoms with Crippen molar-refractivity contribution in [3.05, 3.63) is 28.8 Å². The highest BCUT2D eigenvalue weighted by Gasteiger charge is 2.39. The SMILES string of the molecule is Cc1c(F)c(N)cc(-c2nc3c4c(nc(N5CCC(CO)C5)nc4c2F)NCCNCCC(C)O3)c1C(F)(F)F. The number of hydrogen-bond donors (Lipinski definition) is 4. The summed E-state index contributed by atoms with van der Waals surface area (Å²) in [5.74, 6) is -2.21. The van der Waals surface area contributed by atoms with Crippen LogP contribution < -0.4 is 26.0 Å². The Balaban J connectivity index is 1.82. The lowest BCUT2D eigenvalue weighted by atomic mass is 9.96. The normalized spacial score (nSPS) is 20.2. The number of aliphatic hydroxyl groups excluding tert-OH is 1. The molecule has 14 heteroatoms. The molecule has 4 heterocycles. The van der Waals surface area contributed by atoms with E-state index in [1.54, 1.807) is 11.8 Å². The van der Waals surface area contributed by atoms with Crippen LogP contribution in [0.1, 0.15) is 30.9 Å². The van der Waals surface area contributed by atoms with Crippen LogP contribution in [0.4, 0.5) is 39.4 Å². The molecule has 2 aliphatic heterocycles. The summed E-state index contributed by atoms with van der Waals surface area (Å²) in [6, 6.07) is 0.737. The lowest BCUT2D eigenvalue weighted by Gasteiger charge is -2.22. The van der Waals surface area contributed by atoms with Gasteiger partial charge >= 0.3 is 6.18 Å². The number of rotatable bonds is 3. The molecule has 2 unspecified atom stereocenters. The topological polar surface area (TPSA) is 121 Å². The summed E-state index contributed by atoms with van der Waals surface area (Å²) in [6.07, 6.45) is -4.27. The minimum Gasteiger partial charge on any atom is -0.474 e. The molecule has 9 nitrogen and oxygen atoms in total. The molecular weight excluding hydrogens is 537 g/mol. The van der Waals surface area contributed by atoms with Gasteiger partial charge in [-0.2, -0.15) is 18.2 Å². The second-order valence-electron chi connectivity index (χ2n) is 10.2. The van der Waals surface area contributed by atoms with E-state index in [4.69, 9.17) is 10.5 Å². The van der Waals surface area contributed by atoms with Gasteiger partial charge in [0.15, 0.2) is 5.82 Å². The summed E-state index contributed by atoms with van der Waals surface area (Å²) in [7, 11) is 0. The number of aliphatic hydroxyl groups is 1. The first-order valence-electron chi connectivity index (χ1n) is 13.0. The van der Waals surface area contributed by atoms with Gasteiger partial charge in [0.05, 0.1) is 17.4 Å². The predicted molar refractivity (Wildman–Crippen MR) is 140 cm³/mol. The van der Waals surface area contributed by atoms with Crippen LogP contribution in [0.5, 0.6) is 5.88 Å². The maximum absolute atomic E-state index is 16.4. The highest BCUT2D eigenvalue weighted by Crippen LogP contribution is 2.45. The zero-order valence-electron chi connectivity index (χ0n) is 22.0. The van der Waals surface area contributed by atoms with Crippen molar-refractivity contribution < 1.29 is 31.8 Å². The molecule has 2 atom stereocenters. The first-order chi connectivity index (χ1) is 19.0. The maximum Gasteiger partial charge on any atom is 0.417 e. The number of benzene rings is 1. The number of alkyl halides is 3. The fourth-order valence-electron chi connectivity index (χ4n) is 5.15. The minimum atomic E-state index is -5.03. The van der Waals surface area contributed by atoms with Crippen molar-refractivity contribution in [2.75, 3.05) is 55.3 Å². The molecular formula is C26H30F5N7O2. The van der Waals surface area contributed by atoms with Gasteiger partial charge in [-0.15, -0.1) is 0 Å². The molecule has 0 radical (unpaired) electrons. The van der Waals surface area contributed by atoms with E-state index in [0.717, 1.165) is 13.0 Å². The molecule has 5 N–H and O–H groups in total. The molecule has 0 aliphatic carbocycles. The molecule has 2 aromatic heterocycles. The van der Waals surface area contributed by atoms with Crippen molar-refractivity contribution in [1.29, 1.82) is 0 Å². The van der Waals surface area contributed by atoms with Crippen LogP contribution in [0.25, 0.3) is 22.2 Å². The summed E-state index contributed by atoms with van der Waals surface area (Å²) >= 11 is 0. The molecule has 216 valence electrons. The quantitative estimate of drug-likeness (QED) is 0.276. The molecule has 1 saturated heterocycles. The number of halogens is 5. The zero-order valence-corrected chi connectivity index (χ0v) is 22.0. The Kier molecular flexibility index (Phi) is 7.57. The van der Waals surface area contributed by atoms with E-state index in [1.807, 2.05) is 0 Å². The number of aromatic nitrogens is 3. The highest BCUT2D eigenvalue weighted by atomic mass is 19.4. The van der Waals surface area contributed by atoms with Crippen LogP contribution in [0.15, 0.2) is 6.07 Å². The molecule has 0 bridgehead atoms. The third-order valence-electron chi connectivity index (χ3n) is 7.27. The average molecular weight is 568 g/mol. The average Bonchev–Trinajstić information content (AvgIpc) is 3.37. The van der Waals surface area contributed by atoms with E-state index in [1.165, 1.54) is 0 Å². The summed E-state index contributed by atoms with van der Waals surface area (Å²) in [6.45, 7) is 5.16. The lowest BCUT2D eigenvalue weighted by Crippen LogP contribution is -2.26. The third-order valence-corrected chi connectivity index (χ3v) is 7.27. The molecule has 0 saturated carbocycles. The van der Waals surface area contributed by atoms with Crippen molar-refractivity contribution in [3.63, 3.8) is 0 Å². The van der Waals surface area contributed by atoms with E-state index in [0.29, 0.717) is 45.6 Å². The van der Waals surface area contributed by atoms with Crippen LogP contribution in [0.3, 0.4) is 0 Å². The predicted octanol–water partition coefficient (Wildman–Crippen LogP) is 3.87. The van der Waals surface area contributed by atoms with Crippen LogP contribution in [0, 0.1) is 24.5 Å². The number of nitrogen functional groups attached to an aromatic ring is 1. The minimum absolute atomic E-state index is 0.0221. The lowest BCUT2D eigenvalue weighted by molar-refractivity contribution is -0.137. The smallest absolute Gasteiger partial charge is 0.417 e. The number of anilines is 3. The molecule has 2 aliphatic rings. The molecule has 1 fully saturated rings. The number of nitrogens with zero attached hydrogens (tertiary/aromatic N) is 4. The Hall–Kier alpha value is -3.52. The summed E-state index contributed by atoms with van der Waals surface area (Å²) in [4.78, 5) is 15.1. The molecule has 1 aromatic carbocycles. The van der Waals surface area contributed by atoms with Crippen molar-refractivity contribution in [2.24, 2.45) is 5.92 Å². The summed E-state index contributed by atoms with van der Waals surface area (Å²) < 4.78 is 79.6. The Morgan fingerprint density at radius 1 is 1.12 bits per heavy atom. The monoisotopic (exact) mass is 567 g/mol. The van der Waals surface area contributed by atoms with Crippen LogP contribution in [-0.4, -0.2) is 65.5 Å². The fourth-order valence-corrected chi connectivity index (χ4v) is 5.15. The Morgan fingerprint density at radius 3 is 2.60 bits per heavy atom. The van der Waals surface area contributed by atoms with Gasteiger partial charge in [0.25, 0.3) is 0 Å². The number of pyridine rings is 1. The van der Waals surface area contributed by atoms with Crippen LogP contribution in [-0.2, 0) is 6.18 Å². The van der Waals surface area contributed by atoms with E-state index >= 15 is 4.39 Å². The second-order valence-corrected chi connectivity index (χ2v) is 10.2. The summed E-state index contributed by atoms with van der Waals surface area (Å²) in [5, 5.41) is 16.1. The van der Waals surface area contributed by atoms with Gasteiger partial charge < -0.3 is 31.1 Å². The van der Waals surface area contributed by atoms with Gasteiger partial charge in [-0.3, -0.25) is 0 Å². The van der Waals surface area contributed by atoms with Crippen LogP contribution in [0.2, 0.25) is 0 Å². The molecule has 5 rings (SSSR count). The van der Waals surface area contributed by atoms with Gasteiger partial charge in [-0.1, -0.05) is 0 Å². The molecule has 0 amide bonds. The van der Waals surface area contributed by atoms with Crippen molar-refractivity contribution in [1.82, 2.24) is 20.3 Å². The number of hydrogen-bond acceptors (Lipinski definition) is 9. The van der Waals surface area contributed by atoms with Gasteiger partial charge in [-0.05, 0) is 44.9 Å². The van der Waals surface area contributed by atoms with Gasteiger partial charge in [0, 0.05) is 44.3 Å². The van der Waals surface area contributed by atoms with Gasteiger partial charge in [0.2, 0.25) is 11.8 Å². The Morgan fingerprint density at radius 2 is 1.90 bits per heavy atom. The largest absolute Gasteiger partial charge is 0.474 e. The highest BCUT2D eigenvalue weighted by molar-refractivity contribution is 5.97. The first kappa shape index (κ1) is 28.0. The number of nitrogens with two attached hydrogens (primary N) is 1. The molecule has 3 aromatic rings. The zero-order chi connectivity index (χ0) is 28.8. The van der Waals surface area contributed by atoms with Gasteiger partial charge in [0.1, 0.15) is 28.2 Å². The first-order valence-corrected chi connectivity index (χ1v) is 13.0. The molecule has 40 heavy (non-hydrogen) atoms. The van der Waals surface area contributed by atoms with E-state index < -0.39 is 52.0 Å². The maximum atomic E-state index is 16.4. The summed E-state index contributed by atoms with van der Waals surface area (Å²) in [5.41, 5.74) is 1.24. The Labute approximate surface area is 226 Å².